The van der Waals surface area contributed by atoms with E-state index in [0.717, 1.165) is 11.0 Å². The van der Waals surface area contributed by atoms with Gasteiger partial charge in [0.05, 0.1) is 27.6 Å². The number of hydrogen-bond donors (Lipinski definition) is 1. The van der Waals surface area contributed by atoms with Crippen molar-refractivity contribution in [3.05, 3.63) is 23.2 Å². The van der Waals surface area contributed by atoms with Crippen molar-refractivity contribution in [2.75, 3.05) is 17.2 Å². The average Bonchev–Trinajstić information content (AvgIpc) is 2.81. The number of anilines is 1. The number of nitrogen functional groups attached to an aromatic ring is 1. The number of benzene rings is 1. The molecule has 0 radical (unpaired) electrons. The molecule has 0 bridgehead atoms. The Kier molecular flexibility index (Phi) is 2.94. The van der Waals surface area contributed by atoms with Gasteiger partial charge in [-0.15, -0.1) is 0 Å². The van der Waals surface area contributed by atoms with Crippen molar-refractivity contribution >= 4 is 38.4 Å². The van der Waals surface area contributed by atoms with Gasteiger partial charge in [-0.2, -0.15) is 0 Å². The van der Waals surface area contributed by atoms with E-state index in [1.54, 1.807) is 6.07 Å². The summed E-state index contributed by atoms with van der Waals surface area (Å²) in [7, 11) is -2.88. The molecule has 0 spiro atoms. The Balaban J connectivity index is 1.99. The Labute approximate surface area is 116 Å². The van der Waals surface area contributed by atoms with E-state index in [-0.39, 0.29) is 17.4 Å². The summed E-state index contributed by atoms with van der Waals surface area (Å²) in [6, 6.07) is 5.45. The van der Waals surface area contributed by atoms with Gasteiger partial charge in [-0.1, -0.05) is 17.7 Å². The molecule has 0 aliphatic carbocycles. The quantitative estimate of drug-likeness (QED) is 0.915. The van der Waals surface area contributed by atoms with Crippen molar-refractivity contribution in [3.63, 3.8) is 0 Å². The molecule has 0 saturated carbocycles. The van der Waals surface area contributed by atoms with Gasteiger partial charge >= 0.3 is 0 Å². The van der Waals surface area contributed by atoms with Crippen LogP contribution in [0.15, 0.2) is 18.2 Å². The minimum atomic E-state index is -2.88. The van der Waals surface area contributed by atoms with Gasteiger partial charge in [-0.25, -0.2) is 13.4 Å². The van der Waals surface area contributed by atoms with Crippen molar-refractivity contribution in [1.82, 2.24) is 9.55 Å². The third kappa shape index (κ3) is 2.30. The molecule has 2 N–H and O–H groups in total. The number of halogens is 1. The fourth-order valence-electron chi connectivity index (χ4n) is 2.62. The van der Waals surface area contributed by atoms with Gasteiger partial charge in [0, 0.05) is 6.54 Å². The minimum absolute atomic E-state index is 0.0842. The summed E-state index contributed by atoms with van der Waals surface area (Å²) in [5.41, 5.74) is 7.44. The Morgan fingerprint density at radius 3 is 2.95 bits per heavy atom. The van der Waals surface area contributed by atoms with E-state index < -0.39 is 9.84 Å². The maximum atomic E-state index is 11.5. The van der Waals surface area contributed by atoms with Crippen LogP contribution in [0.25, 0.3) is 11.0 Å². The predicted molar refractivity (Wildman–Crippen MR) is 75.9 cm³/mol. The lowest BCUT2D eigenvalue weighted by Crippen LogP contribution is -2.14. The molecule has 1 aromatic carbocycles. The second-order valence-electron chi connectivity index (χ2n) is 4.96. The molecule has 1 aliphatic rings. The number of hydrogen-bond acceptors (Lipinski definition) is 4. The van der Waals surface area contributed by atoms with Crippen LogP contribution in [0.3, 0.4) is 0 Å². The van der Waals surface area contributed by atoms with Gasteiger partial charge < -0.3 is 10.3 Å². The van der Waals surface area contributed by atoms with E-state index >= 15 is 0 Å². The number of fused-ring (bicyclic) bond motifs is 1. The molecule has 0 amide bonds. The molecule has 2 heterocycles. The van der Waals surface area contributed by atoms with E-state index in [2.05, 4.69) is 4.98 Å². The maximum Gasteiger partial charge on any atom is 0.201 e. The molecule has 1 aliphatic heterocycles. The SMILES string of the molecule is Nc1nc2cccc(Cl)c2n1CC1CCS(=O)(=O)C1. The molecule has 102 valence electrons. The number of aromatic nitrogens is 2. The van der Waals surface area contributed by atoms with Gasteiger partial charge in [-0.3, -0.25) is 0 Å². The molecule has 1 saturated heterocycles. The zero-order chi connectivity index (χ0) is 13.6. The van der Waals surface area contributed by atoms with Crippen molar-refractivity contribution in [2.24, 2.45) is 5.92 Å². The highest BCUT2D eigenvalue weighted by atomic mass is 35.5. The second kappa shape index (κ2) is 4.38. The summed E-state index contributed by atoms with van der Waals surface area (Å²) < 4.78 is 24.8. The molecule has 1 fully saturated rings. The molecule has 5 nitrogen and oxygen atoms in total. The molecule has 3 rings (SSSR count). The third-order valence-electron chi connectivity index (χ3n) is 3.51. The predicted octanol–water partition coefficient (Wildman–Crippen LogP) is 1.71. The Bertz CT molecular complexity index is 739. The minimum Gasteiger partial charge on any atom is -0.369 e. The third-order valence-corrected chi connectivity index (χ3v) is 5.66. The first kappa shape index (κ1) is 12.7. The van der Waals surface area contributed by atoms with Crippen LogP contribution in [0.1, 0.15) is 6.42 Å². The first-order valence-corrected chi connectivity index (χ1v) is 8.27. The number of rotatable bonds is 2. The van der Waals surface area contributed by atoms with E-state index in [1.165, 1.54) is 0 Å². The highest BCUT2D eigenvalue weighted by molar-refractivity contribution is 7.91. The van der Waals surface area contributed by atoms with Crippen molar-refractivity contribution in [1.29, 1.82) is 0 Å². The number of imidazole rings is 1. The van der Waals surface area contributed by atoms with Crippen LogP contribution in [0.4, 0.5) is 5.95 Å². The monoisotopic (exact) mass is 299 g/mol. The summed E-state index contributed by atoms with van der Waals surface area (Å²) in [5.74, 6) is 0.947. The van der Waals surface area contributed by atoms with Crippen LogP contribution in [0.5, 0.6) is 0 Å². The Morgan fingerprint density at radius 2 is 2.26 bits per heavy atom. The molecular formula is C12H14ClN3O2S. The van der Waals surface area contributed by atoms with Crippen molar-refractivity contribution in [2.45, 2.75) is 13.0 Å². The summed E-state index contributed by atoms with van der Waals surface area (Å²) in [5, 5.41) is 0.586. The lowest BCUT2D eigenvalue weighted by atomic mass is 10.1. The first-order valence-electron chi connectivity index (χ1n) is 6.07. The number of para-hydroxylation sites is 1. The highest BCUT2D eigenvalue weighted by Crippen LogP contribution is 2.28. The fraction of sp³-hybridized carbons (Fsp3) is 0.417. The van der Waals surface area contributed by atoms with E-state index in [9.17, 15) is 8.42 Å². The number of nitrogens with two attached hydrogens (primary N) is 1. The molecule has 1 atom stereocenters. The van der Waals surface area contributed by atoms with Gasteiger partial charge in [0.25, 0.3) is 0 Å². The highest BCUT2D eigenvalue weighted by Gasteiger charge is 2.29. The Hall–Kier alpha value is -1.27. The summed E-state index contributed by atoms with van der Waals surface area (Å²) in [6.07, 6.45) is 0.673. The van der Waals surface area contributed by atoms with Crippen LogP contribution in [-0.2, 0) is 16.4 Å². The molecule has 1 aromatic heterocycles. The van der Waals surface area contributed by atoms with Gasteiger partial charge in [0.2, 0.25) is 5.95 Å². The molecule has 7 heteroatoms. The van der Waals surface area contributed by atoms with Crippen LogP contribution >= 0.6 is 11.6 Å². The summed E-state index contributed by atoms with van der Waals surface area (Å²) in [6.45, 7) is 0.547. The number of sulfone groups is 1. The topological polar surface area (TPSA) is 78.0 Å². The standard InChI is InChI=1S/C12H14ClN3O2S/c13-9-2-1-3-10-11(9)16(12(14)15-10)6-8-4-5-19(17,18)7-8/h1-3,8H,4-7H2,(H2,14,15). The first-order chi connectivity index (χ1) is 8.96. The normalized spacial score (nSPS) is 22.1. The summed E-state index contributed by atoms with van der Waals surface area (Å²) >= 11 is 6.18. The van der Waals surface area contributed by atoms with Gasteiger partial charge in [-0.05, 0) is 24.5 Å². The van der Waals surface area contributed by atoms with Crippen molar-refractivity contribution < 1.29 is 8.42 Å². The van der Waals surface area contributed by atoms with E-state index in [0.29, 0.717) is 23.9 Å². The molecule has 2 aromatic rings. The van der Waals surface area contributed by atoms with E-state index in [4.69, 9.17) is 17.3 Å². The average molecular weight is 300 g/mol. The molecule has 1 unspecified atom stereocenters. The second-order valence-corrected chi connectivity index (χ2v) is 7.59. The zero-order valence-electron chi connectivity index (χ0n) is 10.2. The lowest BCUT2D eigenvalue weighted by molar-refractivity contribution is 0.503. The maximum absolute atomic E-state index is 11.5. The Morgan fingerprint density at radius 1 is 1.47 bits per heavy atom. The van der Waals surface area contributed by atoms with Crippen molar-refractivity contribution in [3.8, 4) is 0 Å². The summed E-state index contributed by atoms with van der Waals surface area (Å²) in [4.78, 5) is 4.26. The van der Waals surface area contributed by atoms with Crippen LogP contribution in [0.2, 0.25) is 5.02 Å². The van der Waals surface area contributed by atoms with Gasteiger partial charge in [0.1, 0.15) is 0 Å². The van der Waals surface area contributed by atoms with Crippen LogP contribution in [-0.4, -0.2) is 29.5 Å². The fourth-order valence-corrected chi connectivity index (χ4v) is 4.74. The van der Waals surface area contributed by atoms with E-state index in [1.807, 2.05) is 16.7 Å². The lowest BCUT2D eigenvalue weighted by Gasteiger charge is -2.11. The molecule has 19 heavy (non-hydrogen) atoms. The zero-order valence-corrected chi connectivity index (χ0v) is 11.8. The van der Waals surface area contributed by atoms with Crippen LogP contribution < -0.4 is 5.73 Å². The number of nitrogens with zero attached hydrogens (tertiary/aromatic N) is 2. The smallest absolute Gasteiger partial charge is 0.201 e. The van der Waals surface area contributed by atoms with Gasteiger partial charge in [0.15, 0.2) is 9.84 Å². The molecular weight excluding hydrogens is 286 g/mol. The van der Waals surface area contributed by atoms with Crippen LogP contribution in [0, 0.1) is 5.92 Å². The largest absolute Gasteiger partial charge is 0.369 e.